The third kappa shape index (κ3) is 3.56. The summed E-state index contributed by atoms with van der Waals surface area (Å²) in [7, 11) is 0. The van der Waals surface area contributed by atoms with Gasteiger partial charge in [0.2, 0.25) is 0 Å². The number of carbonyl (C=O) groups excluding carboxylic acids is 1. The van der Waals surface area contributed by atoms with Crippen LogP contribution in [0, 0.1) is 0 Å². The smallest absolute Gasteiger partial charge is 0.189 e. The van der Waals surface area contributed by atoms with E-state index in [1.54, 1.807) is 24.3 Å². The molecule has 2 aromatic heterocycles. The molecule has 0 aliphatic rings. The molecular formula is C19H16N6OS. The highest BCUT2D eigenvalue weighted by atomic mass is 32.1. The molecule has 2 aromatic carbocycles. The molecule has 0 aliphatic carbocycles. The minimum absolute atomic E-state index is 0.0189. The summed E-state index contributed by atoms with van der Waals surface area (Å²) in [5.41, 5.74) is 8.95. The van der Waals surface area contributed by atoms with Gasteiger partial charge in [0.05, 0.1) is 10.2 Å². The molecule has 4 N–H and O–H groups in total. The number of Topliss-reactive ketones (excluding diaryl/α,β-unsaturated/α-hetero) is 1. The van der Waals surface area contributed by atoms with E-state index in [2.05, 4.69) is 25.6 Å². The van der Waals surface area contributed by atoms with Gasteiger partial charge in [-0.3, -0.25) is 4.79 Å². The zero-order chi connectivity index (χ0) is 18.8. The third-order valence-corrected chi connectivity index (χ3v) is 4.91. The Morgan fingerprint density at radius 1 is 1.00 bits per heavy atom. The molecule has 0 saturated carbocycles. The first kappa shape index (κ1) is 16.9. The van der Waals surface area contributed by atoms with Crippen molar-refractivity contribution in [2.75, 3.05) is 16.4 Å². The molecule has 0 saturated heterocycles. The second-order valence-corrected chi connectivity index (χ2v) is 6.89. The SMILES string of the molecule is CC(=O)c1ccc(Nc2ncnc(Nc3nc4ccccc4s3)c2N)cc1. The molecule has 2 heterocycles. The predicted octanol–water partition coefficient (Wildman–Crippen LogP) is 4.36. The van der Waals surface area contributed by atoms with Gasteiger partial charge in [0.1, 0.15) is 12.0 Å². The van der Waals surface area contributed by atoms with E-state index in [9.17, 15) is 4.79 Å². The number of nitrogen functional groups attached to an aromatic ring is 1. The van der Waals surface area contributed by atoms with Crippen LogP contribution in [0.15, 0.2) is 54.9 Å². The standard InChI is InChI=1S/C19H16N6OS/c1-11(26)12-6-8-13(9-7-12)23-17-16(20)18(22-10-21-17)25-19-24-14-4-2-3-5-15(14)27-19/h2-10H,20H2,1H3,(H2,21,22,23,24,25). The van der Waals surface area contributed by atoms with Crippen LogP contribution in [0.1, 0.15) is 17.3 Å². The number of para-hydroxylation sites is 1. The summed E-state index contributed by atoms with van der Waals surface area (Å²) in [6, 6.07) is 15.0. The van der Waals surface area contributed by atoms with Crippen molar-refractivity contribution < 1.29 is 4.79 Å². The lowest BCUT2D eigenvalue weighted by Crippen LogP contribution is -2.05. The van der Waals surface area contributed by atoms with Crippen LogP contribution >= 0.6 is 11.3 Å². The molecule has 0 radical (unpaired) electrons. The van der Waals surface area contributed by atoms with E-state index in [0.29, 0.717) is 28.0 Å². The van der Waals surface area contributed by atoms with Crippen molar-refractivity contribution in [2.24, 2.45) is 0 Å². The van der Waals surface area contributed by atoms with E-state index >= 15 is 0 Å². The van der Waals surface area contributed by atoms with Crippen LogP contribution in [0.4, 0.5) is 28.1 Å². The molecule has 0 fully saturated rings. The fraction of sp³-hybridized carbons (Fsp3) is 0.0526. The van der Waals surface area contributed by atoms with E-state index in [-0.39, 0.29) is 5.78 Å². The Bertz CT molecular complexity index is 1090. The summed E-state index contributed by atoms with van der Waals surface area (Å²) in [6.45, 7) is 1.53. The number of nitrogens with two attached hydrogens (primary N) is 1. The van der Waals surface area contributed by atoms with E-state index in [0.717, 1.165) is 15.9 Å². The predicted molar refractivity (Wildman–Crippen MR) is 109 cm³/mol. The first-order valence-electron chi connectivity index (χ1n) is 8.21. The first-order valence-corrected chi connectivity index (χ1v) is 9.03. The minimum Gasteiger partial charge on any atom is -0.393 e. The molecule has 0 atom stereocenters. The molecule has 0 bridgehead atoms. The van der Waals surface area contributed by atoms with Gasteiger partial charge in [-0.15, -0.1) is 0 Å². The number of carbonyl (C=O) groups is 1. The van der Waals surface area contributed by atoms with Crippen LogP contribution in [-0.2, 0) is 0 Å². The highest BCUT2D eigenvalue weighted by Crippen LogP contribution is 2.31. The van der Waals surface area contributed by atoms with Crippen molar-refractivity contribution in [3.63, 3.8) is 0 Å². The van der Waals surface area contributed by atoms with E-state index < -0.39 is 0 Å². The molecule has 27 heavy (non-hydrogen) atoms. The Hall–Kier alpha value is -3.52. The number of nitrogens with one attached hydrogen (secondary N) is 2. The fourth-order valence-corrected chi connectivity index (χ4v) is 3.41. The van der Waals surface area contributed by atoms with Gasteiger partial charge >= 0.3 is 0 Å². The average Bonchev–Trinajstić information content (AvgIpc) is 3.08. The highest BCUT2D eigenvalue weighted by molar-refractivity contribution is 7.22. The zero-order valence-corrected chi connectivity index (χ0v) is 15.2. The largest absolute Gasteiger partial charge is 0.393 e. The zero-order valence-electron chi connectivity index (χ0n) is 14.4. The second-order valence-electron chi connectivity index (χ2n) is 5.85. The molecule has 134 valence electrons. The minimum atomic E-state index is 0.0189. The maximum Gasteiger partial charge on any atom is 0.189 e. The number of fused-ring (bicyclic) bond motifs is 1. The number of rotatable bonds is 5. The summed E-state index contributed by atoms with van der Waals surface area (Å²) in [5.74, 6) is 0.974. The molecule has 0 aliphatic heterocycles. The van der Waals surface area contributed by atoms with Crippen LogP contribution in [0.25, 0.3) is 10.2 Å². The van der Waals surface area contributed by atoms with Gasteiger partial charge in [-0.05, 0) is 43.3 Å². The van der Waals surface area contributed by atoms with Crippen LogP contribution in [-0.4, -0.2) is 20.7 Å². The Labute approximate surface area is 159 Å². The number of nitrogens with zero attached hydrogens (tertiary/aromatic N) is 3. The Morgan fingerprint density at radius 3 is 2.41 bits per heavy atom. The number of anilines is 5. The molecule has 0 unspecified atom stereocenters. The van der Waals surface area contributed by atoms with Gasteiger partial charge in [-0.25, -0.2) is 15.0 Å². The molecule has 4 aromatic rings. The van der Waals surface area contributed by atoms with Crippen molar-refractivity contribution in [2.45, 2.75) is 6.92 Å². The van der Waals surface area contributed by atoms with Gasteiger partial charge in [-0.2, -0.15) is 0 Å². The van der Waals surface area contributed by atoms with E-state index in [1.165, 1.54) is 24.6 Å². The molecule has 4 rings (SSSR count). The summed E-state index contributed by atoms with van der Waals surface area (Å²) in [5, 5.41) is 7.01. The molecule has 7 nitrogen and oxygen atoms in total. The van der Waals surface area contributed by atoms with Crippen LogP contribution in [0.5, 0.6) is 0 Å². The molecular weight excluding hydrogens is 360 g/mol. The lowest BCUT2D eigenvalue weighted by atomic mass is 10.1. The number of hydrogen-bond acceptors (Lipinski definition) is 8. The van der Waals surface area contributed by atoms with Gasteiger partial charge in [0.25, 0.3) is 0 Å². The number of aromatic nitrogens is 3. The first-order chi connectivity index (χ1) is 13.1. The van der Waals surface area contributed by atoms with Crippen LogP contribution in [0.3, 0.4) is 0 Å². The summed E-state index contributed by atoms with van der Waals surface area (Å²) >= 11 is 1.52. The Balaban J connectivity index is 1.57. The Kier molecular flexibility index (Phi) is 4.39. The lowest BCUT2D eigenvalue weighted by molar-refractivity contribution is 0.101. The highest BCUT2D eigenvalue weighted by Gasteiger charge is 2.11. The van der Waals surface area contributed by atoms with E-state index in [4.69, 9.17) is 5.73 Å². The van der Waals surface area contributed by atoms with Gasteiger partial charge in [0.15, 0.2) is 22.6 Å². The number of hydrogen-bond donors (Lipinski definition) is 3. The monoisotopic (exact) mass is 376 g/mol. The van der Waals surface area contributed by atoms with Crippen LogP contribution < -0.4 is 16.4 Å². The lowest BCUT2D eigenvalue weighted by Gasteiger charge is -2.11. The van der Waals surface area contributed by atoms with Crippen molar-refractivity contribution >= 4 is 55.5 Å². The molecule has 0 spiro atoms. The van der Waals surface area contributed by atoms with Gasteiger partial charge in [-0.1, -0.05) is 23.5 Å². The van der Waals surface area contributed by atoms with Crippen molar-refractivity contribution in [1.82, 2.24) is 15.0 Å². The molecule has 8 heteroatoms. The Morgan fingerprint density at radius 2 is 1.70 bits per heavy atom. The topological polar surface area (TPSA) is 106 Å². The van der Waals surface area contributed by atoms with Crippen molar-refractivity contribution in [3.8, 4) is 0 Å². The number of benzene rings is 2. The summed E-state index contributed by atoms with van der Waals surface area (Å²) in [6.07, 6.45) is 1.43. The summed E-state index contributed by atoms with van der Waals surface area (Å²) < 4.78 is 1.08. The fourth-order valence-electron chi connectivity index (χ4n) is 2.55. The van der Waals surface area contributed by atoms with E-state index in [1.807, 2.05) is 24.3 Å². The number of thiazole rings is 1. The maximum atomic E-state index is 11.4. The summed E-state index contributed by atoms with van der Waals surface area (Å²) in [4.78, 5) is 24.3. The number of ketones is 1. The normalized spacial score (nSPS) is 10.7. The maximum absolute atomic E-state index is 11.4. The van der Waals surface area contributed by atoms with Crippen LogP contribution in [0.2, 0.25) is 0 Å². The van der Waals surface area contributed by atoms with Crippen molar-refractivity contribution in [1.29, 1.82) is 0 Å². The quantitative estimate of drug-likeness (QED) is 0.444. The second kappa shape index (κ2) is 7.00. The van der Waals surface area contributed by atoms with Gasteiger partial charge < -0.3 is 16.4 Å². The van der Waals surface area contributed by atoms with Crippen molar-refractivity contribution in [3.05, 3.63) is 60.4 Å². The molecule has 0 amide bonds. The van der Waals surface area contributed by atoms with Gasteiger partial charge in [0, 0.05) is 11.3 Å². The third-order valence-electron chi connectivity index (χ3n) is 3.96. The average molecular weight is 376 g/mol.